The van der Waals surface area contributed by atoms with Crippen molar-refractivity contribution >= 4 is 0 Å². The fraction of sp³-hybridized carbons (Fsp3) is 1.00. The molecule has 0 aliphatic heterocycles. The molecule has 102 valence electrons. The lowest BCUT2D eigenvalue weighted by atomic mass is 9.70. The first kappa shape index (κ1) is 15.0. The second kappa shape index (κ2) is 6.75. The zero-order valence-electron chi connectivity index (χ0n) is 12.0. The Labute approximate surface area is 107 Å². The van der Waals surface area contributed by atoms with Crippen LogP contribution in [0, 0.1) is 17.3 Å². The van der Waals surface area contributed by atoms with E-state index in [9.17, 15) is 5.11 Å². The highest BCUT2D eigenvalue weighted by molar-refractivity contribution is 4.93. The van der Waals surface area contributed by atoms with E-state index in [2.05, 4.69) is 20.8 Å². The molecule has 0 spiro atoms. The number of ether oxygens (including phenoxy) is 1. The fourth-order valence-corrected chi connectivity index (χ4v) is 3.58. The van der Waals surface area contributed by atoms with Gasteiger partial charge in [0.25, 0.3) is 0 Å². The van der Waals surface area contributed by atoms with Gasteiger partial charge < -0.3 is 9.84 Å². The second-order valence-electron chi connectivity index (χ2n) is 6.37. The second-order valence-corrected chi connectivity index (χ2v) is 6.37. The maximum atomic E-state index is 10.7. The standard InChI is InChI=1S/C15H30O2/c1-12(2)11-15(8-5-6-9-15)14(16)13(3)7-10-17-4/h12-14,16H,5-11H2,1-4H3. The molecule has 1 N–H and O–H groups in total. The highest BCUT2D eigenvalue weighted by Gasteiger charge is 2.42. The molecule has 0 bridgehead atoms. The van der Waals surface area contributed by atoms with Crippen LogP contribution in [0.3, 0.4) is 0 Å². The molecule has 0 amide bonds. The maximum absolute atomic E-state index is 10.7. The molecule has 1 fully saturated rings. The third-order valence-corrected chi connectivity index (χ3v) is 4.36. The van der Waals surface area contributed by atoms with Gasteiger partial charge >= 0.3 is 0 Å². The molecule has 0 heterocycles. The summed E-state index contributed by atoms with van der Waals surface area (Å²) in [5.74, 6) is 1.03. The van der Waals surface area contributed by atoms with Gasteiger partial charge in [-0.15, -0.1) is 0 Å². The summed E-state index contributed by atoms with van der Waals surface area (Å²) in [4.78, 5) is 0. The normalized spacial score (nSPS) is 22.9. The average molecular weight is 242 g/mol. The van der Waals surface area contributed by atoms with E-state index in [1.165, 1.54) is 32.1 Å². The molecule has 2 nitrogen and oxygen atoms in total. The number of rotatable bonds is 7. The molecular formula is C15H30O2. The van der Waals surface area contributed by atoms with Gasteiger partial charge in [0.05, 0.1) is 6.10 Å². The van der Waals surface area contributed by atoms with Gasteiger partial charge in [0.1, 0.15) is 0 Å². The molecule has 2 heteroatoms. The number of aliphatic hydroxyl groups excluding tert-OH is 1. The van der Waals surface area contributed by atoms with Crippen LogP contribution >= 0.6 is 0 Å². The third kappa shape index (κ3) is 3.96. The number of hydrogen-bond donors (Lipinski definition) is 1. The van der Waals surface area contributed by atoms with E-state index in [4.69, 9.17) is 4.74 Å². The van der Waals surface area contributed by atoms with E-state index in [0.717, 1.165) is 13.0 Å². The Morgan fingerprint density at radius 1 is 1.18 bits per heavy atom. The summed E-state index contributed by atoms with van der Waals surface area (Å²) < 4.78 is 5.13. The summed E-state index contributed by atoms with van der Waals surface area (Å²) >= 11 is 0. The lowest BCUT2D eigenvalue weighted by molar-refractivity contribution is -0.0312. The summed E-state index contributed by atoms with van der Waals surface area (Å²) in [7, 11) is 1.73. The average Bonchev–Trinajstić information content (AvgIpc) is 2.73. The van der Waals surface area contributed by atoms with Crippen molar-refractivity contribution in [2.75, 3.05) is 13.7 Å². The maximum Gasteiger partial charge on any atom is 0.0622 e. The van der Waals surface area contributed by atoms with Gasteiger partial charge in [-0.3, -0.25) is 0 Å². The molecule has 0 saturated heterocycles. The van der Waals surface area contributed by atoms with Crippen molar-refractivity contribution in [1.29, 1.82) is 0 Å². The van der Waals surface area contributed by atoms with Crippen molar-refractivity contribution in [2.45, 2.75) is 65.4 Å². The topological polar surface area (TPSA) is 29.5 Å². The summed E-state index contributed by atoms with van der Waals surface area (Å²) in [6, 6.07) is 0. The first-order valence-electron chi connectivity index (χ1n) is 7.19. The van der Waals surface area contributed by atoms with E-state index in [-0.39, 0.29) is 11.5 Å². The van der Waals surface area contributed by atoms with Gasteiger partial charge in [-0.1, -0.05) is 33.6 Å². The smallest absolute Gasteiger partial charge is 0.0622 e. The summed E-state index contributed by atoms with van der Waals surface area (Å²) in [6.45, 7) is 7.47. The minimum absolute atomic E-state index is 0.150. The first-order valence-corrected chi connectivity index (χ1v) is 7.19. The molecule has 2 atom stereocenters. The Bertz CT molecular complexity index is 207. The molecule has 0 aromatic heterocycles. The van der Waals surface area contributed by atoms with Gasteiger partial charge in [0.15, 0.2) is 0 Å². The van der Waals surface area contributed by atoms with Crippen molar-refractivity contribution in [3.8, 4) is 0 Å². The van der Waals surface area contributed by atoms with Crippen LogP contribution < -0.4 is 0 Å². The lowest BCUT2D eigenvalue weighted by Crippen LogP contribution is -2.39. The fourth-order valence-electron chi connectivity index (χ4n) is 3.58. The van der Waals surface area contributed by atoms with Gasteiger partial charge in [0.2, 0.25) is 0 Å². The van der Waals surface area contributed by atoms with Crippen molar-refractivity contribution < 1.29 is 9.84 Å². The number of hydrogen-bond acceptors (Lipinski definition) is 2. The van der Waals surface area contributed by atoms with Crippen molar-refractivity contribution in [3.63, 3.8) is 0 Å². The van der Waals surface area contributed by atoms with Gasteiger partial charge in [-0.2, -0.15) is 0 Å². The quantitative estimate of drug-likeness (QED) is 0.739. The van der Waals surface area contributed by atoms with Crippen LogP contribution in [0.1, 0.15) is 59.3 Å². The van der Waals surface area contributed by atoms with Crippen molar-refractivity contribution in [2.24, 2.45) is 17.3 Å². The molecule has 0 aromatic rings. The van der Waals surface area contributed by atoms with E-state index in [1.807, 2.05) is 0 Å². The van der Waals surface area contributed by atoms with Crippen molar-refractivity contribution in [3.05, 3.63) is 0 Å². The molecule has 0 aromatic carbocycles. The largest absolute Gasteiger partial charge is 0.392 e. The molecule has 1 saturated carbocycles. The Hall–Kier alpha value is -0.0800. The molecule has 1 rings (SSSR count). The summed E-state index contributed by atoms with van der Waals surface area (Å²) in [5.41, 5.74) is 0.196. The van der Waals surface area contributed by atoms with Crippen LogP contribution in [-0.4, -0.2) is 24.9 Å². The summed E-state index contributed by atoms with van der Waals surface area (Å²) in [5, 5.41) is 10.7. The van der Waals surface area contributed by atoms with E-state index in [0.29, 0.717) is 11.8 Å². The molecule has 0 radical (unpaired) electrons. The SMILES string of the molecule is COCCC(C)C(O)C1(CC(C)C)CCCC1. The first-order chi connectivity index (χ1) is 8.02. The van der Waals surface area contributed by atoms with Crippen LogP contribution in [0.2, 0.25) is 0 Å². The van der Waals surface area contributed by atoms with Gasteiger partial charge in [0, 0.05) is 13.7 Å². The Balaban J connectivity index is 2.62. The van der Waals surface area contributed by atoms with Crippen LogP contribution in [-0.2, 0) is 4.74 Å². The predicted molar refractivity (Wildman–Crippen MR) is 72.0 cm³/mol. The minimum atomic E-state index is -0.150. The van der Waals surface area contributed by atoms with Crippen LogP contribution in [0.15, 0.2) is 0 Å². The van der Waals surface area contributed by atoms with E-state index < -0.39 is 0 Å². The van der Waals surface area contributed by atoms with Gasteiger partial charge in [-0.05, 0) is 42.9 Å². The highest BCUT2D eigenvalue weighted by atomic mass is 16.5. The van der Waals surface area contributed by atoms with Crippen LogP contribution in [0.5, 0.6) is 0 Å². The number of aliphatic hydroxyl groups is 1. The van der Waals surface area contributed by atoms with Crippen molar-refractivity contribution in [1.82, 2.24) is 0 Å². The third-order valence-electron chi connectivity index (χ3n) is 4.36. The minimum Gasteiger partial charge on any atom is -0.392 e. The molecular weight excluding hydrogens is 212 g/mol. The molecule has 1 aliphatic carbocycles. The van der Waals surface area contributed by atoms with E-state index >= 15 is 0 Å². The zero-order valence-corrected chi connectivity index (χ0v) is 12.0. The number of methoxy groups -OCH3 is 1. The van der Waals surface area contributed by atoms with Crippen LogP contribution in [0.25, 0.3) is 0 Å². The zero-order chi connectivity index (χ0) is 12.9. The van der Waals surface area contributed by atoms with Crippen LogP contribution in [0.4, 0.5) is 0 Å². The Morgan fingerprint density at radius 3 is 2.24 bits per heavy atom. The highest BCUT2D eigenvalue weighted by Crippen LogP contribution is 2.48. The predicted octanol–water partition coefficient (Wildman–Crippen LogP) is 3.63. The Morgan fingerprint density at radius 2 is 1.76 bits per heavy atom. The van der Waals surface area contributed by atoms with Gasteiger partial charge in [-0.25, -0.2) is 0 Å². The monoisotopic (exact) mass is 242 g/mol. The van der Waals surface area contributed by atoms with E-state index in [1.54, 1.807) is 7.11 Å². The molecule has 17 heavy (non-hydrogen) atoms. The molecule has 1 aliphatic rings. The lowest BCUT2D eigenvalue weighted by Gasteiger charge is -2.39. The summed E-state index contributed by atoms with van der Waals surface area (Å²) in [6.07, 6.45) is 7.00. The molecule has 2 unspecified atom stereocenters. The Kier molecular flexibility index (Phi) is 5.94.